The first-order valence-corrected chi connectivity index (χ1v) is 8.53. The van der Waals surface area contributed by atoms with Crippen molar-refractivity contribution < 1.29 is 14.7 Å². The van der Waals surface area contributed by atoms with Gasteiger partial charge in [-0.15, -0.1) is 11.3 Å². The van der Waals surface area contributed by atoms with Crippen molar-refractivity contribution in [1.82, 2.24) is 10.2 Å². The number of amides is 1. The highest BCUT2D eigenvalue weighted by molar-refractivity contribution is 7.19. The summed E-state index contributed by atoms with van der Waals surface area (Å²) in [4.78, 5) is 27.1. The van der Waals surface area contributed by atoms with Crippen molar-refractivity contribution in [3.8, 4) is 0 Å². The van der Waals surface area contributed by atoms with Gasteiger partial charge in [0.05, 0.1) is 5.92 Å². The molecule has 1 aromatic heterocycles. The molecule has 1 amide bonds. The number of nitrogens with one attached hydrogen (secondary N) is 1. The van der Waals surface area contributed by atoms with Crippen molar-refractivity contribution in [2.75, 3.05) is 19.6 Å². The summed E-state index contributed by atoms with van der Waals surface area (Å²) in [5, 5.41) is 13.6. The Labute approximate surface area is 137 Å². The second-order valence-corrected chi connectivity index (χ2v) is 7.79. The molecule has 2 aliphatic rings. The molecule has 1 aromatic carbocycles. The van der Waals surface area contributed by atoms with Gasteiger partial charge < -0.3 is 10.4 Å². The number of hydrogen-bond donors (Lipinski definition) is 2. The first-order chi connectivity index (χ1) is 11.0. The number of thiophene rings is 1. The average Bonchev–Trinajstić information content (AvgIpc) is 3.14. The quantitative estimate of drug-likeness (QED) is 0.901. The molecule has 4 rings (SSSR count). The molecule has 0 bridgehead atoms. The molecule has 0 spiro atoms. The van der Waals surface area contributed by atoms with Crippen molar-refractivity contribution in [3.63, 3.8) is 0 Å². The first kappa shape index (κ1) is 14.7. The van der Waals surface area contributed by atoms with Crippen LogP contribution in [0.15, 0.2) is 24.3 Å². The van der Waals surface area contributed by atoms with Gasteiger partial charge in [-0.1, -0.05) is 18.2 Å². The predicted molar refractivity (Wildman–Crippen MR) is 88.4 cm³/mol. The Bertz CT molecular complexity index is 815. The number of carbonyl (C=O) groups excluding carboxylic acids is 1. The van der Waals surface area contributed by atoms with Crippen LogP contribution in [0.2, 0.25) is 0 Å². The molecule has 2 saturated heterocycles. The fraction of sp³-hybridized carbons (Fsp3) is 0.412. The number of nitrogens with zero attached hydrogens (tertiary/aromatic N) is 1. The van der Waals surface area contributed by atoms with Gasteiger partial charge in [0.2, 0.25) is 5.91 Å². The minimum atomic E-state index is -0.961. The number of hydrogen-bond acceptors (Lipinski definition) is 4. The Hall–Kier alpha value is -1.92. The molecule has 5 nitrogen and oxygen atoms in total. The Morgan fingerprint density at radius 1 is 1.48 bits per heavy atom. The summed E-state index contributed by atoms with van der Waals surface area (Å²) in [6.07, 6.45) is 0. The minimum Gasteiger partial charge on any atom is -0.481 e. The number of aliphatic carboxylic acids is 1. The number of likely N-dealkylation sites (tertiary alicyclic amines) is 1. The lowest BCUT2D eigenvalue weighted by Crippen LogP contribution is -2.40. The second-order valence-electron chi connectivity index (χ2n) is 6.53. The maximum Gasteiger partial charge on any atom is 0.313 e. The molecule has 23 heavy (non-hydrogen) atoms. The third kappa shape index (κ3) is 2.09. The maximum absolute atomic E-state index is 12.0. The zero-order chi connectivity index (χ0) is 16.2. The van der Waals surface area contributed by atoms with Gasteiger partial charge in [-0.25, -0.2) is 0 Å². The van der Waals surface area contributed by atoms with E-state index in [1.54, 1.807) is 11.3 Å². The number of carboxylic acids is 1. The molecule has 2 atom stereocenters. The fourth-order valence-corrected chi connectivity index (χ4v) is 5.02. The normalized spacial score (nSPS) is 27.3. The third-order valence-corrected chi connectivity index (χ3v) is 6.34. The van der Waals surface area contributed by atoms with E-state index in [1.807, 2.05) is 12.1 Å². The number of carbonyl (C=O) groups is 2. The summed E-state index contributed by atoms with van der Waals surface area (Å²) in [5.74, 6) is -1.43. The molecule has 120 valence electrons. The van der Waals surface area contributed by atoms with E-state index in [9.17, 15) is 14.7 Å². The van der Waals surface area contributed by atoms with Crippen LogP contribution in [0, 0.1) is 18.3 Å². The van der Waals surface area contributed by atoms with Crippen LogP contribution in [-0.4, -0.2) is 41.5 Å². The summed E-state index contributed by atoms with van der Waals surface area (Å²) < 4.78 is 1.25. The second kappa shape index (κ2) is 5.04. The SMILES string of the molecule is Cc1sc2ccccc2c1CN1C[C@H]2C(=O)NC[C@@]2(C(=O)O)C1. The van der Waals surface area contributed by atoms with E-state index in [1.165, 1.54) is 20.5 Å². The molecular weight excluding hydrogens is 312 g/mol. The largest absolute Gasteiger partial charge is 0.481 e. The lowest BCUT2D eigenvalue weighted by Gasteiger charge is -2.22. The van der Waals surface area contributed by atoms with E-state index in [0.717, 1.165) is 0 Å². The van der Waals surface area contributed by atoms with E-state index < -0.39 is 17.3 Å². The van der Waals surface area contributed by atoms with Crippen LogP contribution in [0.3, 0.4) is 0 Å². The van der Waals surface area contributed by atoms with E-state index in [-0.39, 0.29) is 12.5 Å². The molecule has 0 aliphatic carbocycles. The standard InChI is InChI=1S/C17H18N2O3S/c1-10-12(11-4-2-3-5-14(11)23-10)6-19-7-13-15(20)18-8-17(13,9-19)16(21)22/h2-5,13H,6-9H2,1H3,(H,18,20)(H,21,22)/t13-,17+/m0/s1. The van der Waals surface area contributed by atoms with Crippen LogP contribution in [0.1, 0.15) is 10.4 Å². The summed E-state index contributed by atoms with van der Waals surface area (Å²) in [6.45, 7) is 3.99. The molecule has 2 aliphatic heterocycles. The average molecular weight is 330 g/mol. The van der Waals surface area contributed by atoms with E-state index in [0.29, 0.717) is 19.6 Å². The monoisotopic (exact) mass is 330 g/mol. The molecule has 2 fully saturated rings. The molecule has 2 aromatic rings. The van der Waals surface area contributed by atoms with Gasteiger partial charge in [-0.3, -0.25) is 14.5 Å². The van der Waals surface area contributed by atoms with Crippen LogP contribution in [0.5, 0.6) is 0 Å². The molecule has 0 radical (unpaired) electrons. The van der Waals surface area contributed by atoms with Crippen LogP contribution < -0.4 is 5.32 Å². The zero-order valence-electron chi connectivity index (χ0n) is 12.8. The Balaban J connectivity index is 1.64. The number of benzene rings is 1. The number of aryl methyl sites for hydroxylation is 1. The van der Waals surface area contributed by atoms with Gasteiger partial charge >= 0.3 is 5.97 Å². The van der Waals surface area contributed by atoms with Crippen molar-refractivity contribution in [2.24, 2.45) is 11.3 Å². The maximum atomic E-state index is 12.0. The van der Waals surface area contributed by atoms with Gasteiger partial charge in [0.25, 0.3) is 0 Å². The molecule has 0 saturated carbocycles. The molecule has 2 N–H and O–H groups in total. The predicted octanol–water partition coefficient (Wildman–Crippen LogP) is 1.84. The summed E-state index contributed by atoms with van der Waals surface area (Å²) >= 11 is 1.77. The van der Waals surface area contributed by atoms with E-state index >= 15 is 0 Å². The lowest BCUT2D eigenvalue weighted by molar-refractivity contribution is -0.149. The number of rotatable bonds is 3. The van der Waals surface area contributed by atoms with Gasteiger partial charge in [0.1, 0.15) is 5.41 Å². The first-order valence-electron chi connectivity index (χ1n) is 7.72. The highest BCUT2D eigenvalue weighted by atomic mass is 32.1. The highest BCUT2D eigenvalue weighted by Gasteiger charge is 2.59. The van der Waals surface area contributed by atoms with Gasteiger partial charge in [-0.2, -0.15) is 0 Å². The minimum absolute atomic E-state index is 0.123. The topological polar surface area (TPSA) is 69.6 Å². The van der Waals surface area contributed by atoms with Crippen LogP contribution in [0.25, 0.3) is 10.1 Å². The lowest BCUT2D eigenvalue weighted by atomic mass is 9.81. The summed E-state index contributed by atoms with van der Waals surface area (Å²) in [6, 6.07) is 8.29. The van der Waals surface area contributed by atoms with E-state index in [2.05, 4.69) is 29.3 Å². The number of fused-ring (bicyclic) bond motifs is 2. The zero-order valence-corrected chi connectivity index (χ0v) is 13.7. The Morgan fingerprint density at radius 2 is 2.26 bits per heavy atom. The van der Waals surface area contributed by atoms with Crippen molar-refractivity contribution in [1.29, 1.82) is 0 Å². The number of carboxylic acid groups (broad SMARTS) is 1. The summed E-state index contributed by atoms with van der Waals surface area (Å²) in [5.41, 5.74) is 0.295. The van der Waals surface area contributed by atoms with E-state index in [4.69, 9.17) is 0 Å². The Morgan fingerprint density at radius 3 is 3.00 bits per heavy atom. The molecule has 3 heterocycles. The van der Waals surface area contributed by atoms with Gasteiger partial charge in [-0.05, 0) is 23.9 Å². The molecule has 0 unspecified atom stereocenters. The summed E-state index contributed by atoms with van der Waals surface area (Å²) in [7, 11) is 0. The smallest absolute Gasteiger partial charge is 0.313 e. The third-order valence-electron chi connectivity index (χ3n) is 5.22. The Kier molecular flexibility index (Phi) is 3.21. The molecule has 6 heteroatoms. The fourth-order valence-electron chi connectivity index (χ4n) is 3.94. The van der Waals surface area contributed by atoms with Crippen LogP contribution in [0.4, 0.5) is 0 Å². The van der Waals surface area contributed by atoms with Gasteiger partial charge in [0, 0.05) is 35.8 Å². The van der Waals surface area contributed by atoms with Crippen molar-refractivity contribution >= 4 is 33.3 Å². The van der Waals surface area contributed by atoms with Gasteiger partial charge in [0.15, 0.2) is 0 Å². The highest BCUT2D eigenvalue weighted by Crippen LogP contribution is 2.41. The van der Waals surface area contributed by atoms with Crippen LogP contribution >= 0.6 is 11.3 Å². The molecular formula is C17H18N2O3S. The van der Waals surface area contributed by atoms with Crippen LogP contribution in [-0.2, 0) is 16.1 Å². The van der Waals surface area contributed by atoms with Crippen molar-refractivity contribution in [2.45, 2.75) is 13.5 Å². The van der Waals surface area contributed by atoms with Crippen molar-refractivity contribution in [3.05, 3.63) is 34.7 Å².